The van der Waals surface area contributed by atoms with Crippen molar-refractivity contribution in [1.82, 2.24) is 9.71 Å². The van der Waals surface area contributed by atoms with Crippen LogP contribution in [0.25, 0.3) is 0 Å². The molecule has 1 saturated heterocycles. The van der Waals surface area contributed by atoms with Gasteiger partial charge in [0.1, 0.15) is 30.4 Å². The Bertz CT molecular complexity index is 1080. The van der Waals surface area contributed by atoms with Crippen molar-refractivity contribution in [3.05, 3.63) is 48.3 Å². The van der Waals surface area contributed by atoms with E-state index in [1.54, 1.807) is 43.6 Å². The van der Waals surface area contributed by atoms with Gasteiger partial charge in [-0.2, -0.15) is 13.1 Å². The Labute approximate surface area is 218 Å². The fourth-order valence-corrected chi connectivity index (χ4v) is 4.42. The van der Waals surface area contributed by atoms with Crippen LogP contribution in [0, 0.1) is 0 Å². The first-order chi connectivity index (χ1) is 17.9. The number of hydrogen-bond donors (Lipinski definition) is 1. The van der Waals surface area contributed by atoms with E-state index < -0.39 is 16.4 Å². The number of carbonyl (C=O) groups excluding carboxylic acids is 1. The normalized spacial score (nSPS) is 15.4. The molecule has 0 aliphatic carbocycles. The van der Waals surface area contributed by atoms with Gasteiger partial charge in [-0.1, -0.05) is 19.1 Å². The minimum atomic E-state index is -4.38. The highest BCUT2D eigenvalue weighted by Crippen LogP contribution is 2.39. The number of ether oxygens (including phenoxy) is 4. The largest absolute Gasteiger partial charge is 0.489 e. The van der Waals surface area contributed by atoms with E-state index in [2.05, 4.69) is 9.71 Å². The third kappa shape index (κ3) is 9.15. The van der Waals surface area contributed by atoms with Crippen molar-refractivity contribution in [3.8, 4) is 11.5 Å². The van der Waals surface area contributed by atoms with Crippen LogP contribution in [0.15, 0.2) is 42.6 Å². The first-order valence-electron chi connectivity index (χ1n) is 12.3. The maximum atomic E-state index is 13.2. The monoisotopic (exact) mass is 537 g/mol. The van der Waals surface area contributed by atoms with Gasteiger partial charge in [0.2, 0.25) is 0 Å². The van der Waals surface area contributed by atoms with Crippen LogP contribution in [0.1, 0.15) is 31.9 Å². The molecule has 0 radical (unpaired) electrons. The Morgan fingerprint density at radius 3 is 2.65 bits per heavy atom. The van der Waals surface area contributed by atoms with E-state index in [4.69, 9.17) is 23.1 Å². The minimum absolute atomic E-state index is 0.0207. The molecule has 1 fully saturated rings. The number of nitrogens with zero attached hydrogens (tertiary/aromatic N) is 2. The fraction of sp³-hybridized carbons (Fsp3) is 0.520. The van der Waals surface area contributed by atoms with Crippen LogP contribution < -0.4 is 19.1 Å². The standard InChI is InChI=1S/C25H35N3O8S/c1-3-15-28(25(29)36-37(30,31)27-14-12-20-8-4-5-13-26-20)24-22(34-18-17-32-2)10-6-11-23(24)35-19-21-9-7-16-33-21/h4-6,8,10-11,13,21,27H,3,7,9,12,14-19H2,1-2H3. The number of amides is 1. The van der Waals surface area contributed by atoms with Gasteiger partial charge in [0.25, 0.3) is 0 Å². The fourth-order valence-electron chi connectivity index (χ4n) is 3.73. The summed E-state index contributed by atoms with van der Waals surface area (Å²) in [5, 5.41) is 0. The Kier molecular flexibility index (Phi) is 11.4. The van der Waals surface area contributed by atoms with Crippen molar-refractivity contribution >= 4 is 22.1 Å². The molecule has 1 atom stereocenters. The van der Waals surface area contributed by atoms with Crippen molar-refractivity contribution < 1.29 is 36.3 Å². The zero-order valence-electron chi connectivity index (χ0n) is 21.3. The van der Waals surface area contributed by atoms with Gasteiger partial charge >= 0.3 is 16.4 Å². The summed E-state index contributed by atoms with van der Waals surface area (Å²) >= 11 is 0. The van der Waals surface area contributed by atoms with Crippen LogP contribution in [0.2, 0.25) is 0 Å². The lowest BCUT2D eigenvalue weighted by Gasteiger charge is -2.26. The van der Waals surface area contributed by atoms with E-state index in [0.717, 1.165) is 12.8 Å². The molecule has 204 valence electrons. The van der Waals surface area contributed by atoms with Crippen molar-refractivity contribution in [1.29, 1.82) is 0 Å². The molecule has 12 heteroatoms. The van der Waals surface area contributed by atoms with Crippen LogP contribution in [0.3, 0.4) is 0 Å². The number of carbonyl (C=O) groups is 1. The first kappa shape index (κ1) is 28.6. The molecular formula is C25H35N3O8S. The molecule has 1 aromatic heterocycles. The number of aromatic nitrogens is 1. The minimum Gasteiger partial charge on any atom is -0.489 e. The number of nitrogens with one attached hydrogen (secondary N) is 1. The van der Waals surface area contributed by atoms with Crippen LogP contribution in [-0.4, -0.2) is 72.2 Å². The molecule has 1 aliphatic rings. The van der Waals surface area contributed by atoms with E-state index in [1.165, 1.54) is 4.90 Å². The average molecular weight is 538 g/mol. The number of pyridine rings is 1. The maximum absolute atomic E-state index is 13.2. The predicted octanol–water partition coefficient (Wildman–Crippen LogP) is 3.09. The molecule has 1 aromatic carbocycles. The van der Waals surface area contributed by atoms with Crippen molar-refractivity contribution in [2.24, 2.45) is 0 Å². The Morgan fingerprint density at radius 1 is 1.16 bits per heavy atom. The van der Waals surface area contributed by atoms with Gasteiger partial charge in [0, 0.05) is 45.1 Å². The van der Waals surface area contributed by atoms with Crippen LogP contribution >= 0.6 is 0 Å². The van der Waals surface area contributed by atoms with Crippen molar-refractivity contribution in [2.75, 3.05) is 51.5 Å². The highest BCUT2D eigenvalue weighted by Gasteiger charge is 2.29. The lowest BCUT2D eigenvalue weighted by molar-refractivity contribution is 0.0679. The summed E-state index contributed by atoms with van der Waals surface area (Å²) < 4.78 is 54.9. The quantitative estimate of drug-likeness (QED) is 0.341. The highest BCUT2D eigenvalue weighted by molar-refractivity contribution is 7.85. The Hall–Kier alpha value is -2.93. The first-order valence-corrected chi connectivity index (χ1v) is 13.7. The smallest absolute Gasteiger partial charge is 0.431 e. The molecule has 0 bridgehead atoms. The van der Waals surface area contributed by atoms with Gasteiger partial charge in [-0.3, -0.25) is 9.88 Å². The second-order valence-electron chi connectivity index (χ2n) is 8.31. The lowest BCUT2D eigenvalue weighted by Crippen LogP contribution is -2.38. The molecule has 1 unspecified atom stereocenters. The van der Waals surface area contributed by atoms with Gasteiger partial charge in [-0.05, 0) is 43.5 Å². The average Bonchev–Trinajstić information content (AvgIpc) is 3.40. The second-order valence-corrected chi connectivity index (χ2v) is 9.67. The van der Waals surface area contributed by atoms with Crippen molar-refractivity contribution in [3.63, 3.8) is 0 Å². The number of benzene rings is 1. The van der Waals surface area contributed by atoms with Gasteiger partial charge in [-0.15, -0.1) is 0 Å². The van der Waals surface area contributed by atoms with E-state index in [-0.39, 0.29) is 38.1 Å². The molecule has 1 amide bonds. The zero-order valence-corrected chi connectivity index (χ0v) is 22.1. The molecule has 11 nitrogen and oxygen atoms in total. The number of para-hydroxylation sites is 1. The number of hydrogen-bond acceptors (Lipinski definition) is 9. The second kappa shape index (κ2) is 14.7. The molecule has 2 aromatic rings. The topological polar surface area (TPSA) is 126 Å². The summed E-state index contributed by atoms with van der Waals surface area (Å²) in [6, 6.07) is 10.5. The summed E-state index contributed by atoms with van der Waals surface area (Å²) in [7, 11) is -2.83. The van der Waals surface area contributed by atoms with Gasteiger partial charge in [-0.25, -0.2) is 4.79 Å². The number of methoxy groups -OCH3 is 1. The molecular weight excluding hydrogens is 502 g/mol. The Balaban J connectivity index is 1.77. The van der Waals surface area contributed by atoms with Crippen LogP contribution in [0.4, 0.5) is 10.5 Å². The SMILES string of the molecule is CCCN(C(=O)OS(=O)(=O)NCCc1ccccn1)c1c(OCCOC)cccc1OCC1CCCO1. The van der Waals surface area contributed by atoms with Gasteiger partial charge < -0.3 is 23.1 Å². The summed E-state index contributed by atoms with van der Waals surface area (Å²) in [4.78, 5) is 18.6. The summed E-state index contributed by atoms with van der Waals surface area (Å²) in [6.45, 7) is 3.57. The number of rotatable bonds is 15. The van der Waals surface area contributed by atoms with E-state index in [0.29, 0.717) is 43.2 Å². The Morgan fingerprint density at radius 2 is 1.97 bits per heavy atom. The molecule has 2 heterocycles. The van der Waals surface area contributed by atoms with Crippen LogP contribution in [0.5, 0.6) is 11.5 Å². The summed E-state index contributed by atoms with van der Waals surface area (Å²) in [5.41, 5.74) is 0.992. The lowest BCUT2D eigenvalue weighted by atomic mass is 10.2. The molecule has 0 spiro atoms. The highest BCUT2D eigenvalue weighted by atomic mass is 32.2. The van der Waals surface area contributed by atoms with Gasteiger partial charge in [0.15, 0.2) is 0 Å². The van der Waals surface area contributed by atoms with Gasteiger partial charge in [0.05, 0.1) is 12.7 Å². The maximum Gasteiger partial charge on any atom is 0.431 e. The summed E-state index contributed by atoms with van der Waals surface area (Å²) in [5.74, 6) is 0.698. The molecule has 3 rings (SSSR count). The third-order valence-corrected chi connectivity index (χ3v) is 6.38. The molecule has 37 heavy (non-hydrogen) atoms. The molecule has 0 saturated carbocycles. The van der Waals surface area contributed by atoms with Crippen molar-refractivity contribution in [2.45, 2.75) is 38.7 Å². The number of anilines is 1. The van der Waals surface area contributed by atoms with Crippen LogP contribution in [-0.2, 0) is 30.4 Å². The van der Waals surface area contributed by atoms with E-state index >= 15 is 0 Å². The predicted molar refractivity (Wildman–Crippen MR) is 137 cm³/mol. The molecule has 1 aliphatic heterocycles. The third-order valence-electron chi connectivity index (χ3n) is 5.46. The molecule has 1 N–H and O–H groups in total. The summed E-state index contributed by atoms with van der Waals surface area (Å²) in [6.07, 6.45) is 3.20. The van der Waals surface area contributed by atoms with E-state index in [1.807, 2.05) is 13.0 Å². The van der Waals surface area contributed by atoms with E-state index in [9.17, 15) is 13.2 Å². The zero-order chi connectivity index (χ0) is 26.5.